The van der Waals surface area contributed by atoms with Crippen molar-refractivity contribution in [2.75, 3.05) is 11.5 Å². The maximum atomic E-state index is 11.5. The topological polar surface area (TPSA) is 49.8 Å². The Labute approximate surface area is 155 Å². The first kappa shape index (κ1) is 18.6. The highest BCUT2D eigenvalue weighted by Gasteiger charge is 2.31. The van der Waals surface area contributed by atoms with Crippen molar-refractivity contribution in [1.82, 2.24) is 0 Å². The lowest BCUT2D eigenvalue weighted by Gasteiger charge is -2.18. The predicted molar refractivity (Wildman–Crippen MR) is 104 cm³/mol. The smallest absolute Gasteiger partial charge is 0.218 e. The van der Waals surface area contributed by atoms with Gasteiger partial charge in [-0.3, -0.25) is 9.69 Å². The van der Waals surface area contributed by atoms with E-state index in [1.807, 2.05) is 42.5 Å². The van der Waals surface area contributed by atoms with Gasteiger partial charge in [0.2, 0.25) is 6.41 Å². The van der Waals surface area contributed by atoms with E-state index in [2.05, 4.69) is 19.1 Å². The Kier molecular flexibility index (Phi) is 6.42. The zero-order valence-electron chi connectivity index (χ0n) is 15.3. The fraction of sp³-hybridized carbons (Fsp3) is 0.409. The second kappa shape index (κ2) is 8.97. The second-order valence-electron chi connectivity index (χ2n) is 7.04. The number of para-hydroxylation sites is 1. The van der Waals surface area contributed by atoms with Gasteiger partial charge in [0.05, 0.1) is 12.2 Å². The molecule has 0 spiro atoms. The van der Waals surface area contributed by atoms with Crippen LogP contribution in [0.1, 0.15) is 31.7 Å². The maximum Gasteiger partial charge on any atom is 0.218 e. The fourth-order valence-corrected chi connectivity index (χ4v) is 3.68. The van der Waals surface area contributed by atoms with Crippen LogP contribution >= 0.6 is 0 Å². The number of carbonyl (C=O) groups excluding carboxylic acids is 1. The number of anilines is 2. The number of rotatable bonds is 8. The molecule has 0 unspecified atom stereocenters. The number of amides is 1. The zero-order chi connectivity index (χ0) is 18.4. The lowest BCUT2D eigenvalue weighted by Crippen LogP contribution is -2.16. The van der Waals surface area contributed by atoms with Gasteiger partial charge in [-0.2, -0.15) is 0 Å². The number of aryl methyl sites for hydroxylation is 1. The molecule has 1 N–H and O–H groups in total. The van der Waals surface area contributed by atoms with Crippen molar-refractivity contribution in [2.45, 2.75) is 44.8 Å². The summed E-state index contributed by atoms with van der Waals surface area (Å²) in [4.78, 5) is 13.1. The van der Waals surface area contributed by atoms with Crippen molar-refractivity contribution >= 4 is 17.8 Å². The summed E-state index contributed by atoms with van der Waals surface area (Å²) in [5, 5.41) is 9.07. The molecule has 4 nitrogen and oxygen atoms in total. The van der Waals surface area contributed by atoms with Crippen molar-refractivity contribution in [3.05, 3.63) is 60.2 Å². The maximum absolute atomic E-state index is 11.5. The van der Waals surface area contributed by atoms with Gasteiger partial charge in [0.1, 0.15) is 0 Å². The van der Waals surface area contributed by atoms with E-state index < -0.39 is 0 Å². The number of aliphatic hydroxyl groups excluding tert-OH is 1. The lowest BCUT2D eigenvalue weighted by atomic mass is 9.96. The van der Waals surface area contributed by atoms with Gasteiger partial charge in [0.15, 0.2) is 0 Å². The minimum atomic E-state index is 0.195. The first-order chi connectivity index (χ1) is 12.7. The number of aliphatic hydroxyl groups is 1. The molecule has 3 atom stereocenters. The van der Waals surface area contributed by atoms with Crippen molar-refractivity contribution < 1.29 is 14.6 Å². The third kappa shape index (κ3) is 4.51. The van der Waals surface area contributed by atoms with E-state index in [0.717, 1.165) is 43.5 Å². The number of hydrogen-bond donors (Lipinski definition) is 1. The van der Waals surface area contributed by atoms with Crippen LogP contribution in [-0.4, -0.2) is 30.3 Å². The second-order valence-corrected chi connectivity index (χ2v) is 7.04. The predicted octanol–water partition coefficient (Wildman–Crippen LogP) is 4.09. The van der Waals surface area contributed by atoms with E-state index in [1.165, 1.54) is 5.56 Å². The normalized spacial score (nSPS) is 22.3. The highest BCUT2D eigenvalue weighted by Crippen LogP contribution is 2.31. The van der Waals surface area contributed by atoms with Crippen LogP contribution in [0, 0.1) is 5.92 Å². The highest BCUT2D eigenvalue weighted by molar-refractivity contribution is 5.86. The zero-order valence-corrected chi connectivity index (χ0v) is 15.3. The molecule has 4 heteroatoms. The third-order valence-electron chi connectivity index (χ3n) is 5.16. The van der Waals surface area contributed by atoms with E-state index in [-0.39, 0.29) is 18.8 Å². The number of benzene rings is 2. The molecule has 0 bridgehead atoms. The summed E-state index contributed by atoms with van der Waals surface area (Å²) in [6, 6.07) is 17.8. The molecule has 1 aliphatic heterocycles. The van der Waals surface area contributed by atoms with Crippen LogP contribution in [0.3, 0.4) is 0 Å². The molecule has 1 heterocycles. The molecule has 3 rings (SSSR count). The highest BCUT2D eigenvalue weighted by atomic mass is 16.5. The van der Waals surface area contributed by atoms with Crippen molar-refractivity contribution in [2.24, 2.45) is 5.92 Å². The van der Waals surface area contributed by atoms with Gasteiger partial charge < -0.3 is 9.84 Å². The lowest BCUT2D eigenvalue weighted by molar-refractivity contribution is -0.106. The molecule has 1 saturated heterocycles. The van der Waals surface area contributed by atoms with Gasteiger partial charge >= 0.3 is 0 Å². The van der Waals surface area contributed by atoms with Crippen LogP contribution in [0.2, 0.25) is 0 Å². The largest absolute Gasteiger partial charge is 0.396 e. The molecule has 0 aromatic heterocycles. The first-order valence-corrected chi connectivity index (χ1v) is 9.36. The monoisotopic (exact) mass is 353 g/mol. The van der Waals surface area contributed by atoms with Gasteiger partial charge in [0.25, 0.3) is 0 Å². The fourth-order valence-electron chi connectivity index (χ4n) is 3.68. The molecule has 1 aliphatic rings. The van der Waals surface area contributed by atoms with Crippen molar-refractivity contribution in [1.29, 1.82) is 0 Å². The Bertz CT molecular complexity index is 686. The summed E-state index contributed by atoms with van der Waals surface area (Å²) in [5.74, 6) is 0.537. The van der Waals surface area contributed by atoms with Crippen LogP contribution < -0.4 is 4.90 Å². The van der Waals surface area contributed by atoms with E-state index in [9.17, 15) is 4.79 Å². The molecule has 2 aromatic rings. The molecular weight excluding hydrogens is 326 g/mol. The molecule has 138 valence electrons. The number of hydrogen-bond acceptors (Lipinski definition) is 3. The Morgan fingerprint density at radius 1 is 1.08 bits per heavy atom. The molecule has 0 radical (unpaired) electrons. The van der Waals surface area contributed by atoms with Gasteiger partial charge in [0, 0.05) is 18.0 Å². The van der Waals surface area contributed by atoms with Gasteiger partial charge in [-0.25, -0.2) is 0 Å². The molecule has 0 aliphatic carbocycles. The molecule has 26 heavy (non-hydrogen) atoms. The van der Waals surface area contributed by atoms with Crippen molar-refractivity contribution in [3.63, 3.8) is 0 Å². The minimum Gasteiger partial charge on any atom is -0.396 e. The van der Waals surface area contributed by atoms with E-state index >= 15 is 0 Å². The SMILES string of the molecule is C[C@H]1C[C@@H](CCO)O[C@H]1CCc1ccc(N(C=O)c2ccccc2)cc1. The van der Waals surface area contributed by atoms with Crippen LogP contribution in [0.5, 0.6) is 0 Å². The summed E-state index contributed by atoms with van der Waals surface area (Å²) in [5.41, 5.74) is 2.97. The van der Waals surface area contributed by atoms with Crippen LogP contribution in [0.25, 0.3) is 0 Å². The molecule has 0 saturated carbocycles. The van der Waals surface area contributed by atoms with Gasteiger partial charge in [-0.1, -0.05) is 37.3 Å². The number of carbonyl (C=O) groups is 1. The summed E-state index contributed by atoms with van der Waals surface area (Å²) in [6.07, 6.45) is 5.02. The van der Waals surface area contributed by atoms with Gasteiger partial charge in [-0.15, -0.1) is 0 Å². The summed E-state index contributed by atoms with van der Waals surface area (Å²) < 4.78 is 6.06. The summed E-state index contributed by atoms with van der Waals surface area (Å²) in [6.45, 7) is 2.42. The quantitative estimate of drug-likeness (QED) is 0.727. The van der Waals surface area contributed by atoms with Crippen LogP contribution in [0.4, 0.5) is 11.4 Å². The van der Waals surface area contributed by atoms with Gasteiger partial charge in [-0.05, 0) is 61.4 Å². The molecule has 1 amide bonds. The third-order valence-corrected chi connectivity index (χ3v) is 5.16. The Morgan fingerprint density at radius 2 is 1.77 bits per heavy atom. The molecule has 2 aromatic carbocycles. The van der Waals surface area contributed by atoms with Crippen LogP contribution in [0.15, 0.2) is 54.6 Å². The molecular formula is C22H27NO3. The average molecular weight is 353 g/mol. The van der Waals surface area contributed by atoms with E-state index in [0.29, 0.717) is 5.92 Å². The van der Waals surface area contributed by atoms with Crippen LogP contribution in [-0.2, 0) is 16.0 Å². The number of nitrogens with zero attached hydrogens (tertiary/aromatic N) is 1. The summed E-state index contributed by atoms with van der Waals surface area (Å²) in [7, 11) is 0. The Balaban J connectivity index is 1.59. The minimum absolute atomic E-state index is 0.195. The van der Waals surface area contributed by atoms with E-state index in [1.54, 1.807) is 4.90 Å². The van der Waals surface area contributed by atoms with E-state index in [4.69, 9.17) is 9.84 Å². The number of ether oxygens (including phenoxy) is 1. The standard InChI is InChI=1S/C22H27NO3/c1-17-15-21(13-14-24)26-22(17)12-9-18-7-10-20(11-8-18)23(16-25)19-5-3-2-4-6-19/h2-8,10-11,16-17,21-22,24H,9,12-15H2,1H3/t17-,21+,22-/m0/s1. The Hall–Kier alpha value is -2.17. The van der Waals surface area contributed by atoms with Crippen molar-refractivity contribution in [3.8, 4) is 0 Å². The average Bonchev–Trinajstić information content (AvgIpc) is 3.02. The Morgan fingerprint density at radius 3 is 2.42 bits per heavy atom. The molecule has 1 fully saturated rings. The first-order valence-electron chi connectivity index (χ1n) is 9.36. The summed E-state index contributed by atoms with van der Waals surface area (Å²) >= 11 is 0.